The molecule has 7 heteroatoms. The Morgan fingerprint density at radius 1 is 1.26 bits per heavy atom. The Morgan fingerprint density at radius 3 is 2.48 bits per heavy atom. The van der Waals surface area contributed by atoms with Crippen LogP contribution in [-0.4, -0.2) is 24.7 Å². The van der Waals surface area contributed by atoms with E-state index < -0.39 is 21.0 Å². The number of benzene rings is 1. The first-order chi connectivity index (χ1) is 10.8. The van der Waals surface area contributed by atoms with Crippen LogP contribution in [0.2, 0.25) is 0 Å². The third-order valence-electron chi connectivity index (χ3n) is 3.59. The molecule has 0 radical (unpaired) electrons. The molecule has 0 bridgehead atoms. The fraction of sp³-hybridized carbons (Fsp3) is 0.375. The summed E-state index contributed by atoms with van der Waals surface area (Å²) in [5.41, 5.74) is 1.22. The molecule has 1 aromatic heterocycles. The van der Waals surface area contributed by atoms with Gasteiger partial charge >= 0.3 is 0 Å². The fourth-order valence-corrected chi connectivity index (χ4v) is 3.33. The summed E-state index contributed by atoms with van der Waals surface area (Å²) in [5, 5.41) is 5.24. The van der Waals surface area contributed by atoms with Crippen molar-refractivity contribution in [3.63, 3.8) is 0 Å². The third kappa shape index (κ3) is 4.41. The Hall–Kier alpha value is -2.15. The lowest BCUT2D eigenvalue weighted by Gasteiger charge is -2.18. The maximum atomic E-state index is 12.3. The largest absolute Gasteiger partial charge is 0.361 e. The monoisotopic (exact) mass is 336 g/mol. The summed E-state index contributed by atoms with van der Waals surface area (Å²) >= 11 is 0. The van der Waals surface area contributed by atoms with Crippen molar-refractivity contribution in [1.29, 1.82) is 0 Å². The van der Waals surface area contributed by atoms with E-state index in [9.17, 15) is 13.2 Å². The van der Waals surface area contributed by atoms with E-state index in [1.54, 1.807) is 13.0 Å². The Balaban J connectivity index is 2.03. The van der Waals surface area contributed by atoms with Gasteiger partial charge in [0.2, 0.25) is 5.91 Å². The zero-order valence-electron chi connectivity index (χ0n) is 13.3. The molecule has 0 saturated heterocycles. The zero-order chi connectivity index (χ0) is 17.0. The van der Waals surface area contributed by atoms with Crippen molar-refractivity contribution in [1.82, 2.24) is 10.5 Å². The summed E-state index contributed by atoms with van der Waals surface area (Å²) in [4.78, 5) is 12.2. The van der Waals surface area contributed by atoms with Crippen molar-refractivity contribution < 1.29 is 17.7 Å². The second-order valence-corrected chi connectivity index (χ2v) is 7.84. The van der Waals surface area contributed by atoms with Crippen molar-refractivity contribution >= 4 is 15.7 Å². The van der Waals surface area contributed by atoms with Gasteiger partial charge in [-0.05, 0) is 26.3 Å². The molecular formula is C16H20N2O4S. The first-order valence-electron chi connectivity index (χ1n) is 7.28. The predicted octanol–water partition coefficient (Wildman–Crippen LogP) is 2.16. The fourth-order valence-electron chi connectivity index (χ4n) is 2.14. The summed E-state index contributed by atoms with van der Waals surface area (Å²) in [7, 11) is -3.66. The minimum absolute atomic E-state index is 0.268. The van der Waals surface area contributed by atoms with Crippen LogP contribution in [0.1, 0.15) is 36.9 Å². The maximum Gasteiger partial charge on any atom is 0.238 e. The summed E-state index contributed by atoms with van der Waals surface area (Å²) in [6.45, 7) is 4.88. The van der Waals surface area contributed by atoms with E-state index >= 15 is 0 Å². The van der Waals surface area contributed by atoms with Crippen LogP contribution in [0, 0.1) is 6.92 Å². The second-order valence-electron chi connectivity index (χ2n) is 5.52. The van der Waals surface area contributed by atoms with Gasteiger partial charge in [0.1, 0.15) is 11.0 Å². The molecule has 23 heavy (non-hydrogen) atoms. The maximum absolute atomic E-state index is 12.3. The van der Waals surface area contributed by atoms with Gasteiger partial charge in [-0.1, -0.05) is 35.5 Å². The molecule has 0 spiro atoms. The molecule has 1 heterocycles. The van der Waals surface area contributed by atoms with Gasteiger partial charge < -0.3 is 9.84 Å². The number of carbonyl (C=O) groups is 1. The highest BCUT2D eigenvalue weighted by Gasteiger charge is 2.30. The molecule has 2 rings (SSSR count). The number of nitrogens with zero attached hydrogens (tertiary/aromatic N) is 1. The number of amides is 1. The molecular weight excluding hydrogens is 316 g/mol. The molecule has 1 N–H and O–H groups in total. The van der Waals surface area contributed by atoms with Gasteiger partial charge in [0.05, 0.1) is 17.5 Å². The van der Waals surface area contributed by atoms with Gasteiger partial charge in [0.25, 0.3) is 0 Å². The molecule has 124 valence electrons. The zero-order valence-corrected chi connectivity index (χ0v) is 14.1. The van der Waals surface area contributed by atoms with Crippen molar-refractivity contribution in [2.24, 2.45) is 0 Å². The van der Waals surface area contributed by atoms with E-state index in [-0.39, 0.29) is 11.8 Å². The van der Waals surface area contributed by atoms with E-state index in [1.807, 2.05) is 37.3 Å². The smallest absolute Gasteiger partial charge is 0.238 e. The van der Waals surface area contributed by atoms with Crippen LogP contribution in [0.15, 0.2) is 40.9 Å². The molecule has 0 aliphatic heterocycles. The summed E-state index contributed by atoms with van der Waals surface area (Å²) in [6.07, 6.45) is 0. The van der Waals surface area contributed by atoms with Crippen LogP contribution in [0.3, 0.4) is 0 Å². The third-order valence-corrected chi connectivity index (χ3v) is 5.58. The van der Waals surface area contributed by atoms with Crippen LogP contribution in [0.5, 0.6) is 0 Å². The first kappa shape index (κ1) is 17.2. The number of aromatic nitrogens is 1. The number of nitrogens with one attached hydrogen (secondary N) is 1. The number of carbonyl (C=O) groups excluding carboxylic acids is 1. The SMILES string of the molecule is Cc1cc(CS(=O)(=O)[C@@H](C)C(=O)N[C@@H](C)c2ccccc2)no1. The lowest BCUT2D eigenvalue weighted by molar-refractivity contribution is -0.121. The number of sulfone groups is 1. The Morgan fingerprint density at radius 2 is 1.91 bits per heavy atom. The predicted molar refractivity (Wildman–Crippen MR) is 86.3 cm³/mol. The molecule has 0 unspecified atom stereocenters. The van der Waals surface area contributed by atoms with Crippen LogP contribution in [0.25, 0.3) is 0 Å². The molecule has 6 nitrogen and oxygen atoms in total. The summed E-state index contributed by atoms with van der Waals surface area (Å²) in [5.74, 6) is -0.315. The van der Waals surface area contributed by atoms with E-state index in [1.165, 1.54) is 6.92 Å². The van der Waals surface area contributed by atoms with E-state index in [4.69, 9.17) is 4.52 Å². The van der Waals surface area contributed by atoms with E-state index in [0.29, 0.717) is 11.5 Å². The molecule has 1 amide bonds. The molecule has 1 aromatic carbocycles. The van der Waals surface area contributed by atoms with Gasteiger partial charge in [-0.15, -0.1) is 0 Å². The Kier molecular flexibility index (Phi) is 5.20. The molecule has 0 aliphatic carbocycles. The van der Waals surface area contributed by atoms with Crippen molar-refractivity contribution in [2.75, 3.05) is 0 Å². The van der Waals surface area contributed by atoms with E-state index in [0.717, 1.165) is 5.56 Å². The summed E-state index contributed by atoms with van der Waals surface area (Å²) < 4.78 is 29.5. The minimum Gasteiger partial charge on any atom is -0.361 e. The normalized spacial score (nSPS) is 14.2. The van der Waals surface area contributed by atoms with Gasteiger partial charge in [-0.3, -0.25) is 4.79 Å². The Bertz CT molecular complexity index is 768. The quantitative estimate of drug-likeness (QED) is 0.873. The molecule has 2 aromatic rings. The lowest BCUT2D eigenvalue weighted by atomic mass is 10.1. The first-order valence-corrected chi connectivity index (χ1v) is 9.00. The second kappa shape index (κ2) is 6.95. The van der Waals surface area contributed by atoms with Crippen LogP contribution >= 0.6 is 0 Å². The average Bonchev–Trinajstić information content (AvgIpc) is 2.91. The van der Waals surface area contributed by atoms with Crippen LogP contribution in [0.4, 0.5) is 0 Å². The van der Waals surface area contributed by atoms with Gasteiger partial charge in [0, 0.05) is 6.07 Å². The summed E-state index contributed by atoms with van der Waals surface area (Å²) in [6, 6.07) is 10.6. The highest BCUT2D eigenvalue weighted by atomic mass is 32.2. The van der Waals surface area contributed by atoms with Crippen molar-refractivity contribution in [2.45, 2.75) is 37.8 Å². The lowest BCUT2D eigenvalue weighted by Crippen LogP contribution is -2.39. The van der Waals surface area contributed by atoms with Crippen LogP contribution < -0.4 is 5.32 Å². The van der Waals surface area contributed by atoms with Crippen molar-refractivity contribution in [3.05, 3.63) is 53.4 Å². The topological polar surface area (TPSA) is 89.3 Å². The number of rotatable bonds is 6. The number of aryl methyl sites for hydroxylation is 1. The molecule has 0 saturated carbocycles. The molecule has 2 atom stereocenters. The van der Waals surface area contributed by atoms with Crippen molar-refractivity contribution in [3.8, 4) is 0 Å². The average molecular weight is 336 g/mol. The highest BCUT2D eigenvalue weighted by Crippen LogP contribution is 2.15. The molecule has 0 fully saturated rings. The van der Waals surface area contributed by atoms with Gasteiger partial charge in [-0.2, -0.15) is 0 Å². The standard InChI is InChI=1S/C16H20N2O4S/c1-11-9-15(18-22-11)10-23(20,21)13(3)16(19)17-12(2)14-7-5-4-6-8-14/h4-9,12-13H,10H2,1-3H3,(H,17,19)/t12-,13-/m0/s1. The van der Waals surface area contributed by atoms with E-state index in [2.05, 4.69) is 10.5 Å². The molecule has 0 aliphatic rings. The number of hydrogen-bond acceptors (Lipinski definition) is 5. The van der Waals surface area contributed by atoms with Gasteiger partial charge in [-0.25, -0.2) is 8.42 Å². The Labute approximate surface area is 135 Å². The highest BCUT2D eigenvalue weighted by molar-refractivity contribution is 7.92. The van der Waals surface area contributed by atoms with Gasteiger partial charge in [0.15, 0.2) is 9.84 Å². The number of hydrogen-bond donors (Lipinski definition) is 1. The minimum atomic E-state index is -3.66. The van der Waals surface area contributed by atoms with Crippen LogP contribution in [-0.2, 0) is 20.4 Å².